The number of hydrogen-bond acceptors (Lipinski definition) is 5. The van der Waals surface area contributed by atoms with Crippen LogP contribution in [0.3, 0.4) is 0 Å². The number of amides is 1. The van der Waals surface area contributed by atoms with Gasteiger partial charge in [0, 0.05) is 18.9 Å². The molecule has 1 atom stereocenters. The maximum Gasteiger partial charge on any atom is 0.410 e. The minimum atomic E-state index is -0.328. The van der Waals surface area contributed by atoms with Crippen molar-refractivity contribution >= 4 is 46.9 Å². The van der Waals surface area contributed by atoms with Crippen LogP contribution in [0.5, 0.6) is 0 Å². The van der Waals surface area contributed by atoms with Crippen molar-refractivity contribution in [2.24, 2.45) is 0 Å². The van der Waals surface area contributed by atoms with Gasteiger partial charge >= 0.3 is 6.09 Å². The number of carbonyl (C=O) groups excluding carboxylic acids is 1. The highest BCUT2D eigenvalue weighted by atomic mass is 79.9. The van der Waals surface area contributed by atoms with Gasteiger partial charge in [-0.3, -0.25) is 9.30 Å². The third-order valence-corrected chi connectivity index (χ3v) is 5.11. The molecule has 0 spiro atoms. The van der Waals surface area contributed by atoms with E-state index in [0.717, 1.165) is 24.2 Å². The third kappa shape index (κ3) is 3.74. The summed E-state index contributed by atoms with van der Waals surface area (Å²) < 4.78 is 8.02. The van der Waals surface area contributed by atoms with Gasteiger partial charge in [0.05, 0.1) is 6.04 Å². The predicted octanol–water partition coefficient (Wildman–Crippen LogP) is 3.66. The Morgan fingerprint density at radius 2 is 2.11 bits per heavy atom. The zero-order chi connectivity index (χ0) is 18.1. The molecule has 142 valence electrons. The number of halogens is 1. The average molecular weight is 450 g/mol. The lowest BCUT2D eigenvalue weighted by Gasteiger charge is -2.23. The van der Waals surface area contributed by atoms with E-state index in [1.165, 1.54) is 0 Å². The van der Waals surface area contributed by atoms with Gasteiger partial charge in [-0.25, -0.2) is 14.8 Å². The van der Waals surface area contributed by atoms with E-state index in [9.17, 15) is 4.79 Å². The minimum absolute atomic E-state index is 0. The molecule has 2 N–H and O–H groups in total. The Hall–Kier alpha value is -2.26. The molecule has 1 aromatic carbocycles. The van der Waals surface area contributed by atoms with Crippen LogP contribution in [0, 0.1) is 0 Å². The van der Waals surface area contributed by atoms with Crippen LogP contribution in [-0.4, -0.2) is 31.9 Å². The zero-order valence-electron chi connectivity index (χ0n) is 14.5. The summed E-state index contributed by atoms with van der Waals surface area (Å²) in [5.74, 6) is 1.16. The lowest BCUT2D eigenvalue weighted by atomic mass is 10.2. The maximum atomic E-state index is 12.6. The molecule has 4 rings (SSSR count). The van der Waals surface area contributed by atoms with Crippen molar-refractivity contribution in [1.29, 1.82) is 0 Å². The number of fused-ring (bicyclic) bond motifs is 1. The van der Waals surface area contributed by atoms with Gasteiger partial charge in [0.2, 0.25) is 0 Å². The number of likely N-dealkylation sites (tertiary alicyclic amines) is 1. The van der Waals surface area contributed by atoms with E-state index in [1.807, 2.05) is 40.9 Å². The summed E-state index contributed by atoms with van der Waals surface area (Å²) in [6.45, 7) is 0.900. The molecule has 27 heavy (non-hydrogen) atoms. The van der Waals surface area contributed by atoms with Gasteiger partial charge in [0.15, 0.2) is 5.82 Å². The highest BCUT2D eigenvalue weighted by molar-refractivity contribution is 9.10. The van der Waals surface area contributed by atoms with Crippen LogP contribution < -0.4 is 5.73 Å². The number of ether oxygens (including phenoxy) is 1. The van der Waals surface area contributed by atoms with Crippen LogP contribution in [0.25, 0.3) is 5.52 Å². The van der Waals surface area contributed by atoms with Crippen LogP contribution in [0.4, 0.5) is 10.6 Å². The first kappa shape index (κ1) is 19.5. The first-order valence-electron chi connectivity index (χ1n) is 8.40. The smallest absolute Gasteiger partial charge is 0.410 e. The van der Waals surface area contributed by atoms with Crippen molar-refractivity contribution in [3.63, 3.8) is 0 Å². The van der Waals surface area contributed by atoms with E-state index in [-0.39, 0.29) is 32.2 Å². The Morgan fingerprint density at radius 1 is 1.33 bits per heavy atom. The van der Waals surface area contributed by atoms with Gasteiger partial charge in [-0.2, -0.15) is 13.5 Å². The number of hydrogen-bond donors (Lipinski definition) is 1. The number of nitrogens with two attached hydrogens (primary N) is 1. The molecule has 1 aliphatic rings. The van der Waals surface area contributed by atoms with Gasteiger partial charge in [-0.1, -0.05) is 30.3 Å². The molecule has 0 saturated carbocycles. The third-order valence-electron chi connectivity index (χ3n) is 4.56. The molecule has 3 aromatic rings. The normalized spacial score (nSPS) is 16.3. The molecule has 1 fully saturated rings. The molecule has 1 saturated heterocycles. The molecule has 0 radical (unpaired) electrons. The average Bonchev–Trinajstić information content (AvgIpc) is 3.26. The number of nitrogen functional groups attached to an aromatic ring is 1. The molecule has 9 heteroatoms. The standard InChI is InChI=1S/C18H18BrN5O2.H2S/c19-15-14-16(20)21-8-10-24(14)17(22-15)13-7-4-9-23(13)18(25)26-11-12-5-2-1-3-6-12;/h1-3,5-6,8,10,13H,4,7,9,11H2,(H2,20,21);1H2/t13-;/m0./s1. The highest BCUT2D eigenvalue weighted by Crippen LogP contribution is 2.35. The first-order chi connectivity index (χ1) is 12.6. The summed E-state index contributed by atoms with van der Waals surface area (Å²) in [6, 6.07) is 9.50. The van der Waals surface area contributed by atoms with E-state index in [1.54, 1.807) is 11.1 Å². The molecule has 1 aliphatic heterocycles. The molecular weight excluding hydrogens is 430 g/mol. The van der Waals surface area contributed by atoms with Gasteiger partial charge in [0.1, 0.15) is 22.6 Å². The fraction of sp³-hybridized carbons (Fsp3) is 0.278. The number of carbonyl (C=O) groups is 1. The van der Waals surface area contributed by atoms with Gasteiger partial charge in [-0.15, -0.1) is 0 Å². The molecular formula is C18H20BrN5O2S. The Morgan fingerprint density at radius 3 is 2.89 bits per heavy atom. The summed E-state index contributed by atoms with van der Waals surface area (Å²) in [7, 11) is 0. The number of anilines is 1. The van der Waals surface area contributed by atoms with Crippen molar-refractivity contribution in [3.05, 3.63) is 58.7 Å². The second-order valence-electron chi connectivity index (χ2n) is 6.18. The largest absolute Gasteiger partial charge is 0.445 e. The fourth-order valence-electron chi connectivity index (χ4n) is 3.33. The van der Waals surface area contributed by atoms with Crippen LogP contribution in [0.1, 0.15) is 30.3 Å². The zero-order valence-corrected chi connectivity index (χ0v) is 17.1. The van der Waals surface area contributed by atoms with Crippen LogP contribution in [0.15, 0.2) is 47.3 Å². The Bertz CT molecular complexity index is 950. The second kappa shape index (κ2) is 8.18. The fourth-order valence-corrected chi connectivity index (χ4v) is 3.91. The Labute approximate surface area is 172 Å². The quantitative estimate of drug-likeness (QED) is 0.658. The molecule has 1 amide bonds. The summed E-state index contributed by atoms with van der Waals surface area (Å²) >= 11 is 3.45. The van der Waals surface area contributed by atoms with E-state index < -0.39 is 0 Å². The van der Waals surface area contributed by atoms with E-state index >= 15 is 0 Å². The maximum absolute atomic E-state index is 12.6. The Kier molecular flexibility index (Phi) is 5.91. The summed E-state index contributed by atoms with van der Waals surface area (Å²) in [5, 5.41) is 0. The molecule has 0 bridgehead atoms. The van der Waals surface area contributed by atoms with Crippen molar-refractivity contribution < 1.29 is 9.53 Å². The number of rotatable bonds is 3. The molecule has 3 heterocycles. The van der Waals surface area contributed by atoms with Crippen molar-refractivity contribution in [2.45, 2.75) is 25.5 Å². The van der Waals surface area contributed by atoms with Gasteiger partial charge in [0.25, 0.3) is 0 Å². The molecule has 0 aliphatic carbocycles. The van der Waals surface area contributed by atoms with Crippen molar-refractivity contribution in [1.82, 2.24) is 19.3 Å². The number of benzene rings is 1. The van der Waals surface area contributed by atoms with Crippen molar-refractivity contribution in [2.75, 3.05) is 12.3 Å². The Balaban J connectivity index is 0.00000210. The summed E-state index contributed by atoms with van der Waals surface area (Å²) in [4.78, 5) is 23.1. The topological polar surface area (TPSA) is 85.8 Å². The summed E-state index contributed by atoms with van der Waals surface area (Å²) in [5.41, 5.74) is 7.65. The van der Waals surface area contributed by atoms with Gasteiger partial charge in [-0.05, 0) is 34.3 Å². The predicted molar refractivity (Wildman–Crippen MR) is 111 cm³/mol. The monoisotopic (exact) mass is 449 g/mol. The summed E-state index contributed by atoms with van der Waals surface area (Å²) in [6.07, 6.45) is 4.84. The van der Waals surface area contributed by atoms with E-state index in [0.29, 0.717) is 22.5 Å². The first-order valence-corrected chi connectivity index (χ1v) is 9.19. The van der Waals surface area contributed by atoms with E-state index in [4.69, 9.17) is 10.5 Å². The molecule has 0 unspecified atom stereocenters. The lowest BCUT2D eigenvalue weighted by Crippen LogP contribution is -2.32. The highest BCUT2D eigenvalue weighted by Gasteiger charge is 2.34. The molecule has 2 aromatic heterocycles. The molecule has 7 nitrogen and oxygen atoms in total. The second-order valence-corrected chi connectivity index (χ2v) is 6.93. The lowest BCUT2D eigenvalue weighted by molar-refractivity contribution is 0.0908. The van der Waals surface area contributed by atoms with Crippen LogP contribution in [-0.2, 0) is 11.3 Å². The number of imidazole rings is 1. The SMILES string of the molecule is Nc1nccn2c([C@@H]3CCCN3C(=O)OCc3ccccc3)nc(Br)c12.S. The van der Waals surface area contributed by atoms with Gasteiger partial charge < -0.3 is 10.5 Å². The number of aromatic nitrogens is 3. The van der Waals surface area contributed by atoms with Crippen LogP contribution >= 0.6 is 29.4 Å². The minimum Gasteiger partial charge on any atom is -0.445 e. The van der Waals surface area contributed by atoms with E-state index in [2.05, 4.69) is 25.9 Å². The van der Waals surface area contributed by atoms with Crippen molar-refractivity contribution in [3.8, 4) is 0 Å². The van der Waals surface area contributed by atoms with Crippen LogP contribution in [0.2, 0.25) is 0 Å². The number of nitrogens with zero attached hydrogens (tertiary/aromatic N) is 4.